The van der Waals surface area contributed by atoms with Gasteiger partial charge in [0.1, 0.15) is 11.9 Å². The summed E-state index contributed by atoms with van der Waals surface area (Å²) in [7, 11) is 1.61. The molecule has 2 aromatic carbocycles. The fraction of sp³-hybridized carbons (Fsp3) is 0.261. The lowest BCUT2D eigenvalue weighted by atomic mass is 10.0. The van der Waals surface area contributed by atoms with Crippen LogP contribution < -0.4 is 14.8 Å². The van der Waals surface area contributed by atoms with Gasteiger partial charge in [-0.3, -0.25) is 4.79 Å². The third-order valence-electron chi connectivity index (χ3n) is 4.81. The van der Waals surface area contributed by atoms with Gasteiger partial charge in [0.2, 0.25) is 0 Å². The zero-order valence-corrected chi connectivity index (χ0v) is 16.7. The maximum Gasteiger partial charge on any atom is 0.258 e. The van der Waals surface area contributed by atoms with Crippen LogP contribution in [0.4, 0.5) is 5.69 Å². The number of nitrogens with zero attached hydrogens (tertiary/aromatic N) is 1. The van der Waals surface area contributed by atoms with Gasteiger partial charge in [-0.25, -0.2) is 0 Å². The molecule has 0 spiro atoms. The number of hydrogen-bond donors (Lipinski definition) is 1. The van der Waals surface area contributed by atoms with Crippen LogP contribution in [0.1, 0.15) is 41.7 Å². The third kappa shape index (κ3) is 3.66. The molecule has 0 fully saturated rings. The minimum Gasteiger partial charge on any atom is -0.493 e. The van der Waals surface area contributed by atoms with E-state index in [-0.39, 0.29) is 12.0 Å². The molecule has 6 nitrogen and oxygen atoms in total. The van der Waals surface area contributed by atoms with Gasteiger partial charge in [0.25, 0.3) is 5.91 Å². The number of carbonyl (C=O) groups is 1. The normalized spacial score (nSPS) is 15.8. The summed E-state index contributed by atoms with van der Waals surface area (Å²) in [5.41, 5.74) is 2.24. The number of carbonyl (C=O) groups excluding carboxylic acids is 1. The lowest BCUT2D eigenvalue weighted by Gasteiger charge is -2.38. The molecule has 0 unspecified atom stereocenters. The number of amides is 1. The lowest BCUT2D eigenvalue weighted by molar-refractivity contribution is 0.0647. The Balaban J connectivity index is 1.82. The molecule has 1 atom stereocenters. The number of furan rings is 1. The average Bonchev–Trinajstić information content (AvgIpc) is 3.23. The highest BCUT2D eigenvalue weighted by molar-refractivity contribution is 6.01. The largest absolute Gasteiger partial charge is 0.493 e. The highest BCUT2D eigenvalue weighted by Crippen LogP contribution is 2.41. The molecule has 1 aromatic heterocycles. The van der Waals surface area contributed by atoms with Crippen LogP contribution >= 0.6 is 0 Å². The van der Waals surface area contributed by atoms with Crippen LogP contribution in [0.25, 0.3) is 0 Å². The van der Waals surface area contributed by atoms with E-state index < -0.39 is 6.17 Å². The Morgan fingerprint density at radius 1 is 1.10 bits per heavy atom. The molecule has 4 rings (SSSR count). The quantitative estimate of drug-likeness (QED) is 0.650. The Kier molecular flexibility index (Phi) is 5.16. The first-order valence-electron chi connectivity index (χ1n) is 9.61. The molecule has 2 heterocycles. The fourth-order valence-electron chi connectivity index (χ4n) is 3.54. The van der Waals surface area contributed by atoms with E-state index in [2.05, 4.69) is 5.32 Å². The van der Waals surface area contributed by atoms with Crippen LogP contribution in [0, 0.1) is 0 Å². The molecule has 1 amide bonds. The van der Waals surface area contributed by atoms with Crippen molar-refractivity contribution in [3.63, 3.8) is 0 Å². The SMILES string of the molecule is COc1cccc([C@H]2Nc3ccccc3C(=O)N2Cc2ccco2)c1OC(C)C. The van der Waals surface area contributed by atoms with E-state index in [1.807, 2.05) is 68.4 Å². The van der Waals surface area contributed by atoms with Crippen molar-refractivity contribution in [2.24, 2.45) is 0 Å². The number of hydrogen-bond acceptors (Lipinski definition) is 5. The Morgan fingerprint density at radius 2 is 1.93 bits per heavy atom. The minimum atomic E-state index is -0.439. The van der Waals surface area contributed by atoms with Crippen LogP contribution in [-0.2, 0) is 6.54 Å². The van der Waals surface area contributed by atoms with Gasteiger partial charge in [-0.15, -0.1) is 0 Å². The monoisotopic (exact) mass is 392 g/mol. The van der Waals surface area contributed by atoms with E-state index in [1.165, 1.54) is 0 Å². The van der Waals surface area contributed by atoms with E-state index in [1.54, 1.807) is 18.3 Å². The molecule has 1 N–H and O–H groups in total. The molecule has 1 aliphatic heterocycles. The minimum absolute atomic E-state index is 0.0462. The summed E-state index contributed by atoms with van der Waals surface area (Å²) in [6, 6.07) is 16.9. The molecular formula is C23H24N2O4. The van der Waals surface area contributed by atoms with Crippen molar-refractivity contribution in [1.82, 2.24) is 4.90 Å². The van der Waals surface area contributed by atoms with Gasteiger partial charge in [-0.2, -0.15) is 0 Å². The summed E-state index contributed by atoms with van der Waals surface area (Å²) in [5.74, 6) is 1.89. The molecule has 3 aromatic rings. The van der Waals surface area contributed by atoms with Gasteiger partial charge in [-0.1, -0.05) is 24.3 Å². The molecule has 0 saturated carbocycles. The number of anilines is 1. The summed E-state index contributed by atoms with van der Waals surface area (Å²) >= 11 is 0. The summed E-state index contributed by atoms with van der Waals surface area (Å²) in [4.78, 5) is 15.1. The molecular weight excluding hydrogens is 368 g/mol. The van der Waals surface area contributed by atoms with E-state index in [4.69, 9.17) is 13.9 Å². The average molecular weight is 392 g/mol. The van der Waals surface area contributed by atoms with Gasteiger partial charge in [0.05, 0.1) is 31.6 Å². The standard InChI is InChI=1S/C23H24N2O4/c1-15(2)29-21-18(10-6-12-20(21)27-3)22-24-19-11-5-4-9-17(19)23(26)25(22)14-16-8-7-13-28-16/h4-13,15,22,24H,14H2,1-3H3/t22-/m0/s1. The van der Waals surface area contributed by atoms with E-state index >= 15 is 0 Å². The van der Waals surface area contributed by atoms with Crippen molar-refractivity contribution >= 4 is 11.6 Å². The van der Waals surface area contributed by atoms with Crippen molar-refractivity contribution in [3.8, 4) is 11.5 Å². The highest BCUT2D eigenvalue weighted by Gasteiger charge is 2.35. The molecule has 0 radical (unpaired) electrons. The summed E-state index contributed by atoms with van der Waals surface area (Å²) < 4.78 is 17.2. The zero-order valence-electron chi connectivity index (χ0n) is 16.7. The zero-order chi connectivity index (χ0) is 20.4. The van der Waals surface area contributed by atoms with Gasteiger partial charge in [0.15, 0.2) is 11.5 Å². The maximum atomic E-state index is 13.4. The molecule has 0 aliphatic carbocycles. The number of fused-ring (bicyclic) bond motifs is 1. The molecule has 150 valence electrons. The number of nitrogens with one attached hydrogen (secondary N) is 1. The number of para-hydroxylation sites is 2. The molecule has 29 heavy (non-hydrogen) atoms. The Morgan fingerprint density at radius 3 is 2.66 bits per heavy atom. The van der Waals surface area contributed by atoms with Crippen molar-refractivity contribution in [2.75, 3.05) is 12.4 Å². The van der Waals surface area contributed by atoms with E-state index in [0.717, 1.165) is 11.3 Å². The van der Waals surface area contributed by atoms with Crippen LogP contribution in [0.15, 0.2) is 65.3 Å². The maximum absolute atomic E-state index is 13.4. The molecule has 6 heteroatoms. The second-order valence-electron chi connectivity index (χ2n) is 7.15. The predicted octanol–water partition coefficient (Wildman–Crippen LogP) is 4.84. The Labute approximate surface area is 170 Å². The second-order valence-corrected chi connectivity index (χ2v) is 7.15. The van der Waals surface area contributed by atoms with Crippen LogP contribution in [0.2, 0.25) is 0 Å². The first kappa shape index (κ1) is 18.9. The third-order valence-corrected chi connectivity index (χ3v) is 4.81. The molecule has 1 aliphatic rings. The topological polar surface area (TPSA) is 63.9 Å². The van der Waals surface area contributed by atoms with Crippen molar-refractivity contribution in [2.45, 2.75) is 32.7 Å². The molecule has 0 saturated heterocycles. The summed E-state index contributed by atoms with van der Waals surface area (Å²) in [6.07, 6.45) is 1.13. The molecule has 0 bridgehead atoms. The van der Waals surface area contributed by atoms with Gasteiger partial charge >= 0.3 is 0 Å². The van der Waals surface area contributed by atoms with E-state index in [0.29, 0.717) is 29.4 Å². The summed E-state index contributed by atoms with van der Waals surface area (Å²) in [6.45, 7) is 4.26. The number of rotatable bonds is 6. The Hall–Kier alpha value is -3.41. The second kappa shape index (κ2) is 7.91. The smallest absolute Gasteiger partial charge is 0.258 e. The highest BCUT2D eigenvalue weighted by atomic mass is 16.5. The van der Waals surface area contributed by atoms with Crippen molar-refractivity contribution in [1.29, 1.82) is 0 Å². The van der Waals surface area contributed by atoms with Gasteiger partial charge < -0.3 is 24.1 Å². The lowest BCUT2D eigenvalue weighted by Crippen LogP contribution is -2.42. The van der Waals surface area contributed by atoms with Crippen LogP contribution in [0.5, 0.6) is 11.5 Å². The van der Waals surface area contributed by atoms with Crippen LogP contribution in [-0.4, -0.2) is 24.0 Å². The van der Waals surface area contributed by atoms with Crippen molar-refractivity contribution in [3.05, 3.63) is 77.7 Å². The summed E-state index contributed by atoms with van der Waals surface area (Å²) in [5, 5.41) is 3.50. The van der Waals surface area contributed by atoms with E-state index in [9.17, 15) is 4.79 Å². The first-order valence-corrected chi connectivity index (χ1v) is 9.61. The predicted molar refractivity (Wildman–Crippen MR) is 110 cm³/mol. The first-order chi connectivity index (χ1) is 14.1. The van der Waals surface area contributed by atoms with Gasteiger partial charge in [0, 0.05) is 11.3 Å². The Bertz CT molecular complexity index is 998. The number of methoxy groups -OCH3 is 1. The number of benzene rings is 2. The van der Waals surface area contributed by atoms with Crippen molar-refractivity contribution < 1.29 is 18.7 Å². The van der Waals surface area contributed by atoms with Crippen LogP contribution in [0.3, 0.4) is 0 Å². The fourth-order valence-corrected chi connectivity index (χ4v) is 3.54. The number of ether oxygens (including phenoxy) is 2. The van der Waals surface area contributed by atoms with Gasteiger partial charge in [-0.05, 0) is 44.2 Å².